The maximum Gasteiger partial charge on any atom is 0.241 e. The molecule has 4 heterocycles. The van der Waals surface area contributed by atoms with Gasteiger partial charge in [-0.25, -0.2) is 19.3 Å². The van der Waals surface area contributed by atoms with Crippen molar-refractivity contribution >= 4 is 16.9 Å². The summed E-state index contributed by atoms with van der Waals surface area (Å²) >= 11 is 0. The number of ketones is 1. The maximum atomic E-state index is 14.9. The summed E-state index contributed by atoms with van der Waals surface area (Å²) in [5.41, 5.74) is 0.144. The van der Waals surface area contributed by atoms with Gasteiger partial charge in [-0.1, -0.05) is 12.1 Å². The highest BCUT2D eigenvalue weighted by Crippen LogP contribution is 2.45. The number of halogens is 1. The molecule has 0 atom stereocenters. The quantitative estimate of drug-likeness (QED) is 0.380. The minimum Gasteiger partial charge on any atom is -0.503 e. The largest absolute Gasteiger partial charge is 0.503 e. The average molecular weight is 419 g/mol. The van der Waals surface area contributed by atoms with Gasteiger partial charge in [0.25, 0.3) is 0 Å². The van der Waals surface area contributed by atoms with E-state index in [1.165, 1.54) is 36.9 Å². The number of H-pyrrole nitrogens is 1. The van der Waals surface area contributed by atoms with Crippen molar-refractivity contribution in [3.63, 3.8) is 0 Å². The fourth-order valence-electron chi connectivity index (χ4n) is 3.48. The zero-order valence-electron chi connectivity index (χ0n) is 16.0. The van der Waals surface area contributed by atoms with Crippen molar-refractivity contribution < 1.29 is 23.8 Å². The van der Waals surface area contributed by atoms with Crippen LogP contribution in [-0.2, 0) is 0 Å². The van der Waals surface area contributed by atoms with Crippen molar-refractivity contribution in [2.24, 2.45) is 0 Å². The van der Waals surface area contributed by atoms with E-state index in [0.29, 0.717) is 11.3 Å². The monoisotopic (exact) mass is 419 g/mol. The number of furan rings is 1. The van der Waals surface area contributed by atoms with Gasteiger partial charge in [0.15, 0.2) is 23.0 Å². The molecule has 154 valence electrons. The predicted molar refractivity (Wildman–Crippen MR) is 107 cm³/mol. The SMILES string of the molecule is Cc1ccc(C(=O)c2c(O)c(O)n(-c3ncnc4nc[nH]c34)c2-c2ccccc2F)o1. The molecular formula is C21H14FN5O4. The number of aromatic hydroxyl groups is 2. The summed E-state index contributed by atoms with van der Waals surface area (Å²) in [5, 5.41) is 21.6. The number of hydrogen-bond donors (Lipinski definition) is 3. The van der Waals surface area contributed by atoms with Crippen molar-refractivity contribution in [3.05, 3.63) is 72.0 Å². The molecule has 0 radical (unpaired) electrons. The van der Waals surface area contributed by atoms with Crippen LogP contribution < -0.4 is 0 Å². The first-order chi connectivity index (χ1) is 15.0. The van der Waals surface area contributed by atoms with Crippen molar-refractivity contribution in [3.8, 4) is 28.7 Å². The second kappa shape index (κ2) is 6.80. The van der Waals surface area contributed by atoms with Crippen molar-refractivity contribution in [2.45, 2.75) is 6.92 Å². The number of benzene rings is 1. The lowest BCUT2D eigenvalue weighted by atomic mass is 10.0. The summed E-state index contributed by atoms with van der Waals surface area (Å²) < 4.78 is 21.3. The Bertz CT molecular complexity index is 1470. The maximum absolute atomic E-state index is 14.9. The van der Waals surface area contributed by atoms with Gasteiger partial charge in [-0.2, -0.15) is 0 Å². The number of carbonyl (C=O) groups is 1. The smallest absolute Gasteiger partial charge is 0.241 e. The lowest BCUT2D eigenvalue weighted by molar-refractivity contribution is 0.101. The van der Waals surface area contributed by atoms with Gasteiger partial charge in [0.1, 0.15) is 23.4 Å². The summed E-state index contributed by atoms with van der Waals surface area (Å²) in [6, 6.07) is 8.71. The molecule has 1 aromatic carbocycles. The molecule has 0 fully saturated rings. The Morgan fingerprint density at radius 1 is 1.13 bits per heavy atom. The van der Waals surface area contributed by atoms with Gasteiger partial charge in [-0.15, -0.1) is 0 Å². The van der Waals surface area contributed by atoms with Crippen LogP contribution in [-0.4, -0.2) is 40.5 Å². The van der Waals surface area contributed by atoms with Crippen LogP contribution in [0.2, 0.25) is 0 Å². The predicted octanol–water partition coefficient (Wildman–Crippen LogP) is 3.49. The molecule has 0 unspecified atom stereocenters. The lowest BCUT2D eigenvalue weighted by Crippen LogP contribution is -2.06. The van der Waals surface area contributed by atoms with E-state index in [0.717, 1.165) is 4.57 Å². The molecule has 0 aliphatic rings. The molecule has 0 aliphatic heterocycles. The molecular weight excluding hydrogens is 405 g/mol. The second-order valence-electron chi connectivity index (χ2n) is 6.75. The third kappa shape index (κ3) is 2.76. The first kappa shape index (κ1) is 18.6. The number of hydrogen-bond acceptors (Lipinski definition) is 7. The highest BCUT2D eigenvalue weighted by Gasteiger charge is 2.33. The highest BCUT2D eigenvalue weighted by atomic mass is 19.1. The van der Waals surface area contributed by atoms with Gasteiger partial charge >= 0.3 is 0 Å². The molecule has 5 rings (SSSR count). The lowest BCUT2D eigenvalue weighted by Gasteiger charge is -2.12. The molecule has 9 nitrogen and oxygen atoms in total. The summed E-state index contributed by atoms with van der Waals surface area (Å²) in [7, 11) is 0. The van der Waals surface area contributed by atoms with Crippen molar-refractivity contribution in [1.29, 1.82) is 0 Å². The van der Waals surface area contributed by atoms with E-state index in [-0.39, 0.29) is 34.0 Å². The van der Waals surface area contributed by atoms with Gasteiger partial charge in [0, 0.05) is 5.56 Å². The number of rotatable bonds is 4. The molecule has 4 aromatic heterocycles. The minimum absolute atomic E-state index is 0.0315. The van der Waals surface area contributed by atoms with E-state index >= 15 is 0 Å². The number of imidazole rings is 1. The molecule has 31 heavy (non-hydrogen) atoms. The van der Waals surface area contributed by atoms with E-state index in [1.807, 2.05) is 0 Å². The Morgan fingerprint density at radius 3 is 2.68 bits per heavy atom. The van der Waals surface area contributed by atoms with E-state index < -0.39 is 23.2 Å². The van der Waals surface area contributed by atoms with E-state index in [9.17, 15) is 19.4 Å². The van der Waals surface area contributed by atoms with Crippen LogP contribution in [0.5, 0.6) is 11.6 Å². The van der Waals surface area contributed by atoms with Crippen LogP contribution in [0, 0.1) is 12.7 Å². The Morgan fingerprint density at radius 2 is 1.94 bits per heavy atom. The Labute approximate surface area is 173 Å². The fourth-order valence-corrected chi connectivity index (χ4v) is 3.48. The third-order valence-corrected chi connectivity index (χ3v) is 4.86. The highest BCUT2D eigenvalue weighted by molar-refractivity contribution is 6.14. The molecule has 0 spiro atoms. The number of fused-ring (bicyclic) bond motifs is 1. The Hall–Kier alpha value is -4.47. The number of aryl methyl sites for hydroxylation is 1. The molecule has 0 saturated heterocycles. The average Bonchev–Trinajstić information content (AvgIpc) is 3.47. The van der Waals surface area contributed by atoms with Crippen LogP contribution in [0.1, 0.15) is 21.9 Å². The van der Waals surface area contributed by atoms with Gasteiger partial charge in [-0.05, 0) is 31.2 Å². The van der Waals surface area contributed by atoms with Gasteiger partial charge in [0.05, 0.1) is 17.6 Å². The van der Waals surface area contributed by atoms with Gasteiger partial charge < -0.3 is 19.6 Å². The molecule has 0 aliphatic carbocycles. The molecule has 0 saturated carbocycles. The van der Waals surface area contributed by atoms with E-state index in [2.05, 4.69) is 19.9 Å². The molecule has 5 aromatic rings. The van der Waals surface area contributed by atoms with Crippen LogP contribution in [0.4, 0.5) is 4.39 Å². The summed E-state index contributed by atoms with van der Waals surface area (Å²) in [6.07, 6.45) is 2.58. The number of nitrogens with zero attached hydrogens (tertiary/aromatic N) is 4. The number of aromatic amines is 1. The van der Waals surface area contributed by atoms with Crippen molar-refractivity contribution in [2.75, 3.05) is 0 Å². The van der Waals surface area contributed by atoms with Crippen LogP contribution in [0.15, 0.2) is 53.5 Å². The second-order valence-corrected chi connectivity index (χ2v) is 6.75. The molecule has 10 heteroatoms. The number of nitrogens with one attached hydrogen (secondary N) is 1. The minimum atomic E-state index is -0.733. The summed E-state index contributed by atoms with van der Waals surface area (Å²) in [6.45, 7) is 1.66. The summed E-state index contributed by atoms with van der Waals surface area (Å²) in [4.78, 5) is 28.3. The topological polar surface area (TPSA) is 130 Å². The normalized spacial score (nSPS) is 11.3. The molecule has 0 amide bonds. The van der Waals surface area contributed by atoms with Crippen LogP contribution >= 0.6 is 0 Å². The Balaban J connectivity index is 1.89. The zero-order valence-corrected chi connectivity index (χ0v) is 16.0. The van der Waals surface area contributed by atoms with Crippen molar-refractivity contribution in [1.82, 2.24) is 24.5 Å². The first-order valence-electron chi connectivity index (χ1n) is 9.14. The number of carbonyl (C=O) groups excluding carboxylic acids is 1. The van der Waals surface area contributed by atoms with Gasteiger partial charge in [0.2, 0.25) is 11.7 Å². The van der Waals surface area contributed by atoms with Gasteiger partial charge in [-0.3, -0.25) is 9.36 Å². The fraction of sp³-hybridized carbons (Fsp3) is 0.0476. The van der Waals surface area contributed by atoms with E-state index in [1.54, 1.807) is 19.1 Å². The first-order valence-corrected chi connectivity index (χ1v) is 9.14. The van der Waals surface area contributed by atoms with Crippen LogP contribution in [0.3, 0.4) is 0 Å². The molecule has 3 N–H and O–H groups in total. The number of aromatic nitrogens is 5. The van der Waals surface area contributed by atoms with E-state index in [4.69, 9.17) is 4.42 Å². The third-order valence-electron chi connectivity index (χ3n) is 4.86. The van der Waals surface area contributed by atoms with Crippen LogP contribution in [0.25, 0.3) is 28.2 Å². The standard InChI is InChI=1S/C21H14FN5O4/c1-10-6-7-13(31-10)17(28)14-16(11-4-2-3-5-12(11)22)27(21(30)18(14)29)20-15-19(24-8-23-15)25-9-26-20/h2-9,29-30H,1H3,(H,23,24,25,26). The zero-order chi connectivity index (χ0) is 21.7. The Kier molecular flexibility index (Phi) is 4.07. The summed E-state index contributed by atoms with van der Waals surface area (Å²) in [5.74, 6) is -2.34. The molecule has 0 bridgehead atoms.